The molecule has 2 saturated heterocycles. The minimum Gasteiger partial charge on any atom is -0.381 e. The van der Waals surface area contributed by atoms with Gasteiger partial charge in [0.05, 0.1) is 12.6 Å². The summed E-state index contributed by atoms with van der Waals surface area (Å²) < 4.78 is 5.65. The van der Waals surface area contributed by atoms with Crippen LogP contribution in [0.25, 0.3) is 0 Å². The number of hydrogen-bond acceptors (Lipinski definition) is 3. The van der Waals surface area contributed by atoms with E-state index >= 15 is 0 Å². The molecule has 2 aliphatic heterocycles. The number of rotatable bonds is 6. The molecule has 28 heavy (non-hydrogen) atoms. The Morgan fingerprint density at radius 3 is 2.64 bits per heavy atom. The van der Waals surface area contributed by atoms with E-state index in [1.807, 2.05) is 18.2 Å². The van der Waals surface area contributed by atoms with E-state index in [2.05, 4.69) is 35.4 Å². The SMILES string of the molecule is CCNC(=NCC1(N2CCCC2)CCOCC1)NC(C)c1cccc(Cl)c1.I. The average molecular weight is 521 g/mol. The number of guanidine groups is 1. The van der Waals surface area contributed by atoms with Crippen LogP contribution in [0, 0.1) is 0 Å². The first kappa shape index (κ1) is 23.7. The number of hydrogen-bond donors (Lipinski definition) is 2. The van der Waals surface area contributed by atoms with Crippen molar-refractivity contribution >= 4 is 41.5 Å². The zero-order chi connectivity index (χ0) is 19.1. The van der Waals surface area contributed by atoms with E-state index in [4.69, 9.17) is 21.3 Å². The topological polar surface area (TPSA) is 48.9 Å². The summed E-state index contributed by atoms with van der Waals surface area (Å²) in [6.45, 7) is 9.97. The third-order valence-electron chi connectivity index (χ3n) is 5.78. The Labute approximate surface area is 191 Å². The Kier molecular flexibility index (Phi) is 9.80. The van der Waals surface area contributed by atoms with Crippen molar-refractivity contribution in [1.29, 1.82) is 0 Å². The van der Waals surface area contributed by atoms with Gasteiger partial charge in [-0.3, -0.25) is 9.89 Å². The predicted octanol–water partition coefficient (Wildman–Crippen LogP) is 4.22. The van der Waals surface area contributed by atoms with Gasteiger partial charge in [0.2, 0.25) is 0 Å². The van der Waals surface area contributed by atoms with Crippen LogP contribution in [-0.4, -0.2) is 55.8 Å². The highest BCUT2D eigenvalue weighted by atomic mass is 127. The zero-order valence-corrected chi connectivity index (χ0v) is 20.1. The molecule has 0 amide bonds. The van der Waals surface area contributed by atoms with Crippen LogP contribution in [0.1, 0.15) is 51.1 Å². The van der Waals surface area contributed by atoms with Gasteiger partial charge in [0.1, 0.15) is 0 Å². The zero-order valence-electron chi connectivity index (χ0n) is 17.0. The second-order valence-corrected chi connectivity index (χ2v) is 8.08. The Balaban J connectivity index is 0.00000280. The highest BCUT2D eigenvalue weighted by Gasteiger charge is 2.39. The normalized spacial score (nSPS) is 21.0. The third-order valence-corrected chi connectivity index (χ3v) is 6.01. The van der Waals surface area contributed by atoms with Gasteiger partial charge in [0, 0.05) is 30.3 Å². The van der Waals surface area contributed by atoms with Crippen LogP contribution >= 0.6 is 35.6 Å². The van der Waals surface area contributed by atoms with Gasteiger partial charge in [0.25, 0.3) is 0 Å². The number of likely N-dealkylation sites (tertiary alicyclic amines) is 1. The lowest BCUT2D eigenvalue weighted by Gasteiger charge is -2.43. The average Bonchev–Trinajstić information content (AvgIpc) is 3.22. The molecule has 1 unspecified atom stereocenters. The van der Waals surface area contributed by atoms with E-state index in [0.29, 0.717) is 0 Å². The second kappa shape index (κ2) is 11.6. The van der Waals surface area contributed by atoms with Crippen LogP contribution in [0.3, 0.4) is 0 Å². The number of aliphatic imine (C=N–C) groups is 1. The summed E-state index contributed by atoms with van der Waals surface area (Å²) >= 11 is 6.15. The first-order valence-electron chi connectivity index (χ1n) is 10.3. The van der Waals surface area contributed by atoms with Gasteiger partial charge in [-0.2, -0.15) is 0 Å². The summed E-state index contributed by atoms with van der Waals surface area (Å²) in [5.41, 5.74) is 1.31. The summed E-state index contributed by atoms with van der Waals surface area (Å²) in [5, 5.41) is 7.70. The molecule has 5 nitrogen and oxygen atoms in total. The molecule has 3 rings (SSSR count). The molecular formula is C21H34ClIN4O. The maximum atomic E-state index is 6.15. The highest BCUT2D eigenvalue weighted by Crippen LogP contribution is 2.31. The van der Waals surface area contributed by atoms with Gasteiger partial charge in [0.15, 0.2) is 5.96 Å². The molecule has 0 bridgehead atoms. The Morgan fingerprint density at radius 1 is 1.29 bits per heavy atom. The molecule has 1 aromatic rings. The highest BCUT2D eigenvalue weighted by molar-refractivity contribution is 14.0. The first-order valence-corrected chi connectivity index (χ1v) is 10.6. The fourth-order valence-corrected chi connectivity index (χ4v) is 4.33. The van der Waals surface area contributed by atoms with E-state index in [9.17, 15) is 0 Å². The van der Waals surface area contributed by atoms with Gasteiger partial charge < -0.3 is 15.4 Å². The molecule has 2 aliphatic rings. The minimum atomic E-state index is 0. The number of ether oxygens (including phenoxy) is 1. The van der Waals surface area contributed by atoms with Crippen molar-refractivity contribution in [3.63, 3.8) is 0 Å². The van der Waals surface area contributed by atoms with Crippen LogP contribution < -0.4 is 10.6 Å². The van der Waals surface area contributed by atoms with Gasteiger partial charge >= 0.3 is 0 Å². The maximum Gasteiger partial charge on any atom is 0.191 e. The van der Waals surface area contributed by atoms with Crippen molar-refractivity contribution in [2.24, 2.45) is 4.99 Å². The largest absolute Gasteiger partial charge is 0.381 e. The van der Waals surface area contributed by atoms with Crippen LogP contribution in [0.15, 0.2) is 29.3 Å². The Bertz CT molecular complexity index is 631. The maximum absolute atomic E-state index is 6.15. The number of benzene rings is 1. The molecule has 158 valence electrons. The van der Waals surface area contributed by atoms with E-state index in [-0.39, 0.29) is 35.6 Å². The summed E-state index contributed by atoms with van der Waals surface area (Å²) in [7, 11) is 0. The lowest BCUT2D eigenvalue weighted by Crippen LogP contribution is -2.54. The van der Waals surface area contributed by atoms with E-state index in [0.717, 1.165) is 55.7 Å². The fourth-order valence-electron chi connectivity index (χ4n) is 4.13. The van der Waals surface area contributed by atoms with E-state index in [1.165, 1.54) is 25.9 Å². The van der Waals surface area contributed by atoms with Crippen molar-refractivity contribution in [2.45, 2.75) is 51.1 Å². The van der Waals surface area contributed by atoms with Crippen molar-refractivity contribution in [1.82, 2.24) is 15.5 Å². The molecule has 7 heteroatoms. The predicted molar refractivity (Wildman–Crippen MR) is 128 cm³/mol. The number of halogens is 2. The smallest absolute Gasteiger partial charge is 0.191 e. The molecule has 0 aromatic heterocycles. The summed E-state index contributed by atoms with van der Waals surface area (Å²) in [6.07, 6.45) is 4.74. The van der Waals surface area contributed by atoms with Crippen LogP contribution in [0.5, 0.6) is 0 Å². The summed E-state index contributed by atoms with van der Waals surface area (Å²) in [6, 6.07) is 8.13. The van der Waals surface area contributed by atoms with Crippen molar-refractivity contribution in [3.8, 4) is 0 Å². The fraction of sp³-hybridized carbons (Fsp3) is 0.667. The van der Waals surface area contributed by atoms with Gasteiger partial charge in [-0.15, -0.1) is 24.0 Å². The first-order chi connectivity index (χ1) is 13.1. The molecule has 0 radical (unpaired) electrons. The molecule has 1 atom stereocenters. The lowest BCUT2D eigenvalue weighted by atomic mass is 9.88. The van der Waals surface area contributed by atoms with Gasteiger partial charge in [-0.05, 0) is 70.3 Å². The molecule has 0 saturated carbocycles. The van der Waals surface area contributed by atoms with Crippen LogP contribution in [0.4, 0.5) is 0 Å². The second-order valence-electron chi connectivity index (χ2n) is 7.65. The summed E-state index contributed by atoms with van der Waals surface area (Å²) in [4.78, 5) is 7.66. The molecule has 1 aromatic carbocycles. The van der Waals surface area contributed by atoms with Crippen molar-refractivity contribution in [2.75, 3.05) is 39.4 Å². The third kappa shape index (κ3) is 6.21. The molecule has 2 heterocycles. The molecule has 2 fully saturated rings. The van der Waals surface area contributed by atoms with Crippen LogP contribution in [0.2, 0.25) is 5.02 Å². The number of nitrogens with one attached hydrogen (secondary N) is 2. The lowest BCUT2D eigenvalue weighted by molar-refractivity contribution is -0.0139. The Morgan fingerprint density at radius 2 is 2.00 bits per heavy atom. The molecule has 0 aliphatic carbocycles. The van der Waals surface area contributed by atoms with Crippen LogP contribution in [-0.2, 0) is 4.74 Å². The van der Waals surface area contributed by atoms with Crippen molar-refractivity contribution < 1.29 is 4.74 Å². The summed E-state index contributed by atoms with van der Waals surface area (Å²) in [5.74, 6) is 0.870. The standard InChI is InChI=1S/C21H33ClN4O.HI/c1-3-23-20(25-17(2)18-7-6-8-19(22)15-18)24-16-21(9-13-27-14-10-21)26-11-4-5-12-26;/h6-8,15,17H,3-5,9-14,16H2,1-2H3,(H2,23,24,25);1H. The molecule has 2 N–H and O–H groups in total. The molecular weight excluding hydrogens is 487 g/mol. The van der Waals surface area contributed by atoms with Gasteiger partial charge in [-0.1, -0.05) is 23.7 Å². The number of nitrogens with zero attached hydrogens (tertiary/aromatic N) is 2. The van der Waals surface area contributed by atoms with Crippen molar-refractivity contribution in [3.05, 3.63) is 34.9 Å². The monoisotopic (exact) mass is 520 g/mol. The minimum absolute atomic E-state index is 0. The molecule has 0 spiro atoms. The van der Waals surface area contributed by atoms with Gasteiger partial charge in [-0.25, -0.2) is 0 Å². The van der Waals surface area contributed by atoms with E-state index < -0.39 is 0 Å². The van der Waals surface area contributed by atoms with E-state index in [1.54, 1.807) is 0 Å². The quantitative estimate of drug-likeness (QED) is 0.335. The Hall–Kier alpha value is -0.570.